The van der Waals surface area contributed by atoms with Crippen LogP contribution in [0.1, 0.15) is 0 Å². The van der Waals surface area contributed by atoms with Crippen molar-refractivity contribution in [2.24, 2.45) is 0 Å². The average molecular weight is 271 g/mol. The molecule has 0 atom stereocenters. The number of benzene rings is 2. The van der Waals surface area contributed by atoms with E-state index >= 15 is 0 Å². The van der Waals surface area contributed by atoms with Crippen LogP contribution in [0.2, 0.25) is 0 Å². The Morgan fingerprint density at radius 1 is 0.800 bits per heavy atom. The van der Waals surface area contributed by atoms with Gasteiger partial charge in [0.25, 0.3) is 0 Å². The van der Waals surface area contributed by atoms with Crippen LogP contribution >= 0.6 is 0 Å². The molecule has 0 heterocycles. The molecule has 0 bridgehead atoms. The summed E-state index contributed by atoms with van der Waals surface area (Å²) in [5.41, 5.74) is 1.21. The Balaban J connectivity index is 1.56. The molecule has 0 aliphatic heterocycles. The molecule has 0 fully saturated rings. The summed E-state index contributed by atoms with van der Waals surface area (Å²) in [5.74, 6) is 0.887. The lowest BCUT2D eigenvalue weighted by molar-refractivity contribution is 0.105. The van der Waals surface area contributed by atoms with Gasteiger partial charge < -0.3 is 14.4 Å². The van der Waals surface area contributed by atoms with Crippen molar-refractivity contribution in [3.8, 4) is 5.75 Å². The van der Waals surface area contributed by atoms with Crippen LogP contribution in [-0.4, -0.2) is 33.4 Å². The first kappa shape index (κ1) is 14.4. The molecule has 0 saturated heterocycles. The predicted octanol–water partition coefficient (Wildman–Crippen LogP) is 3.22. The van der Waals surface area contributed by atoms with Gasteiger partial charge >= 0.3 is 0 Å². The number of anilines is 1. The van der Waals surface area contributed by atoms with Gasteiger partial charge in [-0.25, -0.2) is 0 Å². The normalized spacial score (nSPS) is 10.2. The second-order valence-corrected chi connectivity index (χ2v) is 4.53. The molecule has 0 saturated carbocycles. The molecule has 0 aliphatic rings. The first-order valence-electron chi connectivity index (χ1n) is 6.88. The molecule has 2 aromatic carbocycles. The lowest BCUT2D eigenvalue weighted by Crippen LogP contribution is -2.23. The fourth-order valence-electron chi connectivity index (χ4n) is 1.85. The molecule has 0 N–H and O–H groups in total. The van der Waals surface area contributed by atoms with Gasteiger partial charge in [0.15, 0.2) is 0 Å². The Morgan fingerprint density at radius 3 is 2.15 bits per heavy atom. The second kappa shape index (κ2) is 8.23. The molecule has 2 aromatic rings. The van der Waals surface area contributed by atoms with E-state index in [0.29, 0.717) is 19.8 Å². The number of para-hydroxylation sites is 2. The van der Waals surface area contributed by atoms with Crippen LogP contribution in [-0.2, 0) is 4.74 Å². The zero-order valence-corrected chi connectivity index (χ0v) is 11.9. The summed E-state index contributed by atoms with van der Waals surface area (Å²) in [6.07, 6.45) is 0. The zero-order valence-electron chi connectivity index (χ0n) is 11.9. The largest absolute Gasteiger partial charge is 0.491 e. The van der Waals surface area contributed by atoms with Crippen LogP contribution in [0.3, 0.4) is 0 Å². The third kappa shape index (κ3) is 4.94. The van der Waals surface area contributed by atoms with Crippen LogP contribution in [0.4, 0.5) is 5.69 Å². The molecule has 0 aliphatic carbocycles. The highest BCUT2D eigenvalue weighted by atomic mass is 16.5. The van der Waals surface area contributed by atoms with E-state index in [9.17, 15) is 0 Å². The van der Waals surface area contributed by atoms with Crippen molar-refractivity contribution in [2.45, 2.75) is 0 Å². The maximum absolute atomic E-state index is 5.58. The molecule has 0 radical (unpaired) electrons. The number of rotatable bonds is 8. The van der Waals surface area contributed by atoms with E-state index < -0.39 is 0 Å². The van der Waals surface area contributed by atoms with Crippen molar-refractivity contribution in [2.75, 3.05) is 38.3 Å². The van der Waals surface area contributed by atoms with E-state index in [1.54, 1.807) is 0 Å². The lowest BCUT2D eigenvalue weighted by atomic mass is 10.3. The SMILES string of the molecule is CN(CCOCCOc1ccccc1)c1ccccc1. The van der Waals surface area contributed by atoms with Crippen LogP contribution in [0.5, 0.6) is 5.75 Å². The summed E-state index contributed by atoms with van der Waals surface area (Å²) < 4.78 is 11.1. The molecule has 3 heteroatoms. The number of likely N-dealkylation sites (N-methyl/N-ethyl adjacent to an activating group) is 1. The number of hydrogen-bond donors (Lipinski definition) is 0. The third-order valence-corrected chi connectivity index (χ3v) is 3.01. The lowest BCUT2D eigenvalue weighted by Gasteiger charge is -2.19. The van der Waals surface area contributed by atoms with Gasteiger partial charge in [0.2, 0.25) is 0 Å². The van der Waals surface area contributed by atoms with Gasteiger partial charge in [-0.05, 0) is 24.3 Å². The minimum absolute atomic E-state index is 0.582. The molecule has 0 aromatic heterocycles. The summed E-state index contributed by atoms with van der Waals surface area (Å²) in [6, 6.07) is 20.1. The smallest absolute Gasteiger partial charge is 0.119 e. The van der Waals surface area contributed by atoms with Gasteiger partial charge in [0, 0.05) is 19.3 Å². The first-order chi connectivity index (χ1) is 9.86. The summed E-state index contributed by atoms with van der Waals surface area (Å²) in [4.78, 5) is 2.18. The van der Waals surface area contributed by atoms with Crippen LogP contribution in [0.25, 0.3) is 0 Å². The van der Waals surface area contributed by atoms with Crippen LogP contribution in [0, 0.1) is 0 Å². The Labute approximate surface area is 120 Å². The van der Waals surface area contributed by atoms with Crippen LogP contribution in [0.15, 0.2) is 60.7 Å². The number of ether oxygens (including phenoxy) is 2. The Hall–Kier alpha value is -2.00. The molecule has 106 valence electrons. The van der Waals surface area contributed by atoms with Gasteiger partial charge in [0.1, 0.15) is 12.4 Å². The van der Waals surface area contributed by atoms with Gasteiger partial charge in [-0.1, -0.05) is 36.4 Å². The van der Waals surface area contributed by atoms with E-state index in [1.165, 1.54) is 5.69 Å². The molecule has 0 spiro atoms. The standard InChI is InChI=1S/C17H21NO2/c1-18(16-8-4-2-5-9-16)12-13-19-14-15-20-17-10-6-3-7-11-17/h2-11H,12-15H2,1H3. The van der Waals surface area contributed by atoms with Gasteiger partial charge in [0.05, 0.1) is 13.2 Å². The molecule has 0 unspecified atom stereocenters. The van der Waals surface area contributed by atoms with E-state index in [0.717, 1.165) is 12.3 Å². The monoisotopic (exact) mass is 271 g/mol. The Morgan fingerprint density at radius 2 is 1.45 bits per heavy atom. The second-order valence-electron chi connectivity index (χ2n) is 4.53. The molecule has 2 rings (SSSR count). The van der Waals surface area contributed by atoms with Gasteiger partial charge in [-0.2, -0.15) is 0 Å². The molecule has 3 nitrogen and oxygen atoms in total. The molecule has 0 amide bonds. The van der Waals surface area contributed by atoms with E-state index in [1.807, 2.05) is 48.5 Å². The fraction of sp³-hybridized carbons (Fsp3) is 0.294. The average Bonchev–Trinajstić information content (AvgIpc) is 2.52. The van der Waals surface area contributed by atoms with E-state index in [4.69, 9.17) is 9.47 Å². The van der Waals surface area contributed by atoms with Gasteiger partial charge in [-0.15, -0.1) is 0 Å². The van der Waals surface area contributed by atoms with Crippen molar-refractivity contribution >= 4 is 5.69 Å². The van der Waals surface area contributed by atoms with Crippen molar-refractivity contribution < 1.29 is 9.47 Å². The van der Waals surface area contributed by atoms with Crippen molar-refractivity contribution in [3.05, 3.63) is 60.7 Å². The minimum Gasteiger partial charge on any atom is -0.491 e. The number of nitrogens with zero attached hydrogens (tertiary/aromatic N) is 1. The first-order valence-corrected chi connectivity index (χ1v) is 6.88. The predicted molar refractivity (Wildman–Crippen MR) is 82.5 cm³/mol. The van der Waals surface area contributed by atoms with Crippen LogP contribution < -0.4 is 9.64 Å². The van der Waals surface area contributed by atoms with Crippen molar-refractivity contribution in [3.63, 3.8) is 0 Å². The molecule has 20 heavy (non-hydrogen) atoms. The summed E-state index contributed by atoms with van der Waals surface area (Å²) in [7, 11) is 2.07. The van der Waals surface area contributed by atoms with Crippen molar-refractivity contribution in [1.82, 2.24) is 0 Å². The van der Waals surface area contributed by atoms with E-state index in [2.05, 4.69) is 24.1 Å². The van der Waals surface area contributed by atoms with Gasteiger partial charge in [-0.3, -0.25) is 0 Å². The summed E-state index contributed by atoms with van der Waals surface area (Å²) >= 11 is 0. The van der Waals surface area contributed by atoms with E-state index in [-0.39, 0.29) is 0 Å². The number of hydrogen-bond acceptors (Lipinski definition) is 3. The highest BCUT2D eigenvalue weighted by Gasteiger charge is 1.99. The summed E-state index contributed by atoms with van der Waals surface area (Å²) in [5, 5.41) is 0. The highest BCUT2D eigenvalue weighted by molar-refractivity contribution is 5.44. The fourth-order valence-corrected chi connectivity index (χ4v) is 1.85. The summed E-state index contributed by atoms with van der Waals surface area (Å²) in [6.45, 7) is 2.76. The minimum atomic E-state index is 0.582. The quantitative estimate of drug-likeness (QED) is 0.688. The molecular weight excluding hydrogens is 250 g/mol. The third-order valence-electron chi connectivity index (χ3n) is 3.01. The van der Waals surface area contributed by atoms with Crippen molar-refractivity contribution in [1.29, 1.82) is 0 Å². The topological polar surface area (TPSA) is 21.7 Å². The highest BCUT2D eigenvalue weighted by Crippen LogP contribution is 2.10. The zero-order chi connectivity index (χ0) is 14.0. The Kier molecular flexibility index (Phi) is 5.93. The maximum atomic E-state index is 5.58. The maximum Gasteiger partial charge on any atom is 0.119 e. The molecular formula is C17H21NO2. The Bertz CT molecular complexity index is 473.